The molecule has 0 saturated heterocycles. The number of esters is 2. The molecule has 0 aliphatic rings. The molecule has 7 aromatic carbocycles. The van der Waals surface area contributed by atoms with Crippen molar-refractivity contribution in [2.45, 2.75) is 232 Å². The summed E-state index contributed by atoms with van der Waals surface area (Å²) in [6, 6.07) is 59.2. The second kappa shape index (κ2) is 40.3. The first kappa shape index (κ1) is 89.7. The molecule has 2 heterocycles. The third kappa shape index (κ3) is 26.3. The number of carbonyl (C=O) groups excluding carboxylic acids is 6. The molecule has 0 saturated carbocycles. The van der Waals surface area contributed by atoms with Gasteiger partial charge in [-0.1, -0.05) is 210 Å². The quantitative estimate of drug-likeness (QED) is 0.0110. The summed E-state index contributed by atoms with van der Waals surface area (Å²) >= 11 is 0. The Morgan fingerprint density at radius 1 is 0.430 bits per heavy atom. The molecule has 8 atom stereocenters. The monoisotopic (exact) mass is 1560 g/mol. The molecule has 0 aliphatic carbocycles. The van der Waals surface area contributed by atoms with Gasteiger partial charge in [0.15, 0.2) is 12.1 Å². The summed E-state index contributed by atoms with van der Waals surface area (Å²) in [5.74, 6) is -0.498. The predicted molar refractivity (Wildman–Crippen MR) is 433 cm³/mol. The Kier molecular flexibility index (Phi) is 31.7. The van der Waals surface area contributed by atoms with Crippen LogP contribution < -0.4 is 37.1 Å². The number of nitro benzene ring substituents is 1. The van der Waals surface area contributed by atoms with Crippen molar-refractivity contribution in [1.29, 1.82) is 0 Å². The molecule has 26 nitrogen and oxygen atoms in total. The Hall–Kier alpha value is -11.5. The largest absolute Gasteiger partial charge is 0.458 e. The van der Waals surface area contributed by atoms with Crippen molar-refractivity contribution in [3.63, 3.8) is 0 Å². The minimum Gasteiger partial charge on any atom is -0.458 e. The minimum atomic E-state index is -1.17. The van der Waals surface area contributed by atoms with Gasteiger partial charge in [-0.3, -0.25) is 19.7 Å². The smallest absolute Gasteiger partial charge is 0.413 e. The zero-order chi connectivity index (χ0) is 83.8. The molecule has 2 unspecified atom stereocenters. The highest BCUT2D eigenvalue weighted by molar-refractivity contribution is 5.86. The van der Waals surface area contributed by atoms with E-state index in [0.29, 0.717) is 11.8 Å². The molecule has 0 aliphatic heterocycles. The van der Waals surface area contributed by atoms with Crippen LogP contribution in [0.2, 0.25) is 0 Å². The van der Waals surface area contributed by atoms with Gasteiger partial charge >= 0.3 is 24.1 Å². The summed E-state index contributed by atoms with van der Waals surface area (Å²) in [6.45, 7) is 32.8. The van der Waals surface area contributed by atoms with Crippen molar-refractivity contribution in [2.75, 3.05) is 0 Å². The molecule has 114 heavy (non-hydrogen) atoms. The molecule has 0 radical (unpaired) electrons. The third-order valence-corrected chi connectivity index (χ3v) is 17.7. The second-order valence-electron chi connectivity index (χ2n) is 31.7. The van der Waals surface area contributed by atoms with Gasteiger partial charge < -0.3 is 64.8 Å². The van der Waals surface area contributed by atoms with Crippen LogP contribution in [0.3, 0.4) is 0 Å². The standard InChI is InChI=1S/C41H53N5O6.C28H30N4O2.C19H28N2O7/c1-10-27(2)35-45-46-36(50-35)32(42-38(49)43-34(28(3)51-39(4,5)6)37(48)52-40(7,8)9)26-33(47)44-41(29-20-14-11-15-21-29,30-22-16-12-17-23-30)31-24-18-13-19-25-31;1-3-20(2)26-31-32-27(34-26)24(29)19-25(33)30-28(21-13-7-4-8-14-21,22-15-9-5-10-16-22)23-17-11-6-12-18-23;1-12(27-18(2,3)4)15(16(22)28-19(5,6)7)20-17(23)26-14-10-8-13(9-11-14)21(24)25/h11-25,27-28,32,34H,10,26H2,1-9H3,(H,44,47)(H2,42,43,49);4-18,20,24H,3,19,29H2,1-2H3,(H,30,33);8-12,15H,1-7H3,(H,20,23)/t27-,28?,32-,34-;20-,24-;12?,15-/m000/s1. The second-order valence-corrected chi connectivity index (χ2v) is 31.7. The van der Waals surface area contributed by atoms with Crippen LogP contribution in [0.5, 0.6) is 5.75 Å². The molecular formula is C88H111N11O15. The van der Waals surface area contributed by atoms with Gasteiger partial charge in [0.05, 0.1) is 47.2 Å². The Balaban J connectivity index is 0.000000251. The zero-order valence-electron chi connectivity index (χ0n) is 68.5. The molecule has 608 valence electrons. The van der Waals surface area contributed by atoms with Gasteiger partial charge in [-0.05, 0) is 155 Å². The van der Waals surface area contributed by atoms with Gasteiger partial charge in [-0.2, -0.15) is 0 Å². The molecule has 0 bridgehead atoms. The summed E-state index contributed by atoms with van der Waals surface area (Å²) in [5, 5.41) is 42.0. The highest BCUT2D eigenvalue weighted by Gasteiger charge is 2.42. The number of aromatic nitrogens is 4. The van der Waals surface area contributed by atoms with E-state index in [1.54, 1.807) is 55.4 Å². The average Bonchev–Trinajstić information content (AvgIpc) is 0.778. The lowest BCUT2D eigenvalue weighted by Gasteiger charge is -2.37. The topological polar surface area (TPSA) is 356 Å². The summed E-state index contributed by atoms with van der Waals surface area (Å²) in [5.41, 5.74) is 6.86. The van der Waals surface area contributed by atoms with Crippen molar-refractivity contribution in [3.05, 3.63) is 273 Å². The van der Waals surface area contributed by atoms with Gasteiger partial charge in [0.2, 0.25) is 35.4 Å². The maximum atomic E-state index is 14.4. The molecule has 9 aromatic rings. The number of nitro groups is 1. The first-order valence-electron chi connectivity index (χ1n) is 38.2. The van der Waals surface area contributed by atoms with E-state index in [2.05, 4.69) is 53.9 Å². The fourth-order valence-electron chi connectivity index (χ4n) is 12.2. The highest BCUT2D eigenvalue weighted by atomic mass is 16.6. The Bertz CT molecular complexity index is 4330. The summed E-state index contributed by atoms with van der Waals surface area (Å²) in [6.07, 6.45) is -0.993. The number of carbonyl (C=O) groups is 6. The first-order chi connectivity index (χ1) is 53.7. The number of ether oxygens (including phenoxy) is 5. The van der Waals surface area contributed by atoms with E-state index in [1.807, 2.05) is 244 Å². The molecule has 0 spiro atoms. The van der Waals surface area contributed by atoms with E-state index in [9.17, 15) is 38.9 Å². The van der Waals surface area contributed by atoms with Crippen LogP contribution in [0, 0.1) is 10.1 Å². The average molecular weight is 1560 g/mol. The number of non-ortho nitro benzene ring substituents is 1. The first-order valence-corrected chi connectivity index (χ1v) is 38.2. The lowest BCUT2D eigenvalue weighted by molar-refractivity contribution is -0.384. The van der Waals surface area contributed by atoms with Crippen LogP contribution >= 0.6 is 0 Å². The Morgan fingerprint density at radius 3 is 1.07 bits per heavy atom. The molecule has 26 heteroatoms. The number of hydrogen-bond donors (Lipinski definition) is 6. The number of rotatable bonds is 29. The van der Waals surface area contributed by atoms with Crippen molar-refractivity contribution in [2.24, 2.45) is 5.73 Å². The van der Waals surface area contributed by atoms with E-state index in [-0.39, 0.29) is 53.8 Å². The van der Waals surface area contributed by atoms with E-state index in [4.69, 9.17) is 38.3 Å². The van der Waals surface area contributed by atoms with Crippen LogP contribution in [0.25, 0.3) is 0 Å². The third-order valence-electron chi connectivity index (χ3n) is 17.7. The van der Waals surface area contributed by atoms with Gasteiger partial charge in [0, 0.05) is 24.0 Å². The van der Waals surface area contributed by atoms with Crippen LogP contribution in [0.15, 0.2) is 215 Å². The van der Waals surface area contributed by atoms with Crippen molar-refractivity contribution in [1.82, 2.24) is 47.0 Å². The summed E-state index contributed by atoms with van der Waals surface area (Å²) in [4.78, 5) is 90.0. The molecular weight excluding hydrogens is 1450 g/mol. The molecule has 2 aromatic heterocycles. The normalized spacial score (nSPS) is 14.0. The SMILES string of the molecule is CC(OC(C)(C)C)[C@H](NC(=O)Oc1ccc([N+](=O)[O-])cc1)C(=O)OC(C)(C)C.CC[C@H](C)c1nnc([C@@H](N)CC(=O)NC(c2ccccc2)(c2ccccc2)c2ccccc2)o1.CC[C@H](C)c1nnc([C@H](CC(=O)NC(c2ccccc2)(c2ccccc2)c2ccccc2)NC(=O)N[C@H](C(=O)OC(C)(C)C)C(C)OC(C)(C)C)o1. The predicted octanol–water partition coefficient (Wildman–Crippen LogP) is 16.0. The van der Waals surface area contributed by atoms with Crippen molar-refractivity contribution >= 4 is 41.6 Å². The lowest BCUT2D eigenvalue weighted by Crippen LogP contribution is -2.55. The van der Waals surface area contributed by atoms with E-state index < -0.39 is 105 Å². The number of nitrogens with two attached hydrogens (primary N) is 1. The maximum Gasteiger partial charge on any atom is 0.413 e. The van der Waals surface area contributed by atoms with E-state index in [0.717, 1.165) is 46.2 Å². The van der Waals surface area contributed by atoms with E-state index >= 15 is 0 Å². The number of benzene rings is 7. The summed E-state index contributed by atoms with van der Waals surface area (Å²) in [7, 11) is 0. The Labute approximate surface area is 668 Å². The number of nitrogens with one attached hydrogen (secondary N) is 5. The minimum absolute atomic E-state index is 0.0103. The fraction of sp³-hybridized carbons (Fsp3) is 0.409. The number of urea groups is 1. The van der Waals surface area contributed by atoms with Crippen LogP contribution in [-0.4, -0.2) is 108 Å². The molecule has 7 N–H and O–H groups in total. The van der Waals surface area contributed by atoms with Crippen LogP contribution in [-0.2, 0) is 49.2 Å². The molecule has 9 rings (SSSR count). The van der Waals surface area contributed by atoms with Gasteiger partial charge in [-0.25, -0.2) is 19.2 Å². The Morgan fingerprint density at radius 2 is 0.746 bits per heavy atom. The molecule has 5 amide bonds. The van der Waals surface area contributed by atoms with Crippen LogP contribution in [0.4, 0.5) is 15.3 Å². The van der Waals surface area contributed by atoms with Gasteiger partial charge in [-0.15, -0.1) is 20.4 Å². The van der Waals surface area contributed by atoms with Crippen molar-refractivity contribution < 1.29 is 66.2 Å². The molecule has 0 fully saturated rings. The zero-order valence-corrected chi connectivity index (χ0v) is 68.5. The van der Waals surface area contributed by atoms with Crippen molar-refractivity contribution in [3.8, 4) is 5.75 Å². The van der Waals surface area contributed by atoms with Gasteiger partial charge in [0.1, 0.15) is 34.1 Å². The number of nitrogens with zero attached hydrogens (tertiary/aromatic N) is 5. The number of hydrogen-bond acceptors (Lipinski definition) is 20. The van der Waals surface area contributed by atoms with Crippen LogP contribution in [0.1, 0.15) is 231 Å². The number of amides is 5. The summed E-state index contributed by atoms with van der Waals surface area (Å²) < 4.78 is 39.8. The fourth-order valence-corrected chi connectivity index (χ4v) is 12.2. The van der Waals surface area contributed by atoms with E-state index in [1.165, 1.54) is 24.3 Å². The maximum absolute atomic E-state index is 14.4. The lowest BCUT2D eigenvalue weighted by atomic mass is 9.77. The van der Waals surface area contributed by atoms with Gasteiger partial charge in [0.25, 0.3) is 5.69 Å². The highest BCUT2D eigenvalue weighted by Crippen LogP contribution is 2.40.